The Labute approximate surface area is 67.7 Å². The number of piperidine rings is 1. The lowest BCUT2D eigenvalue weighted by molar-refractivity contribution is -0.126. The molecule has 11 heavy (non-hydrogen) atoms. The van der Waals surface area contributed by atoms with Crippen LogP contribution in [0, 0.1) is 11.8 Å². The number of carbonyl (C=O) groups is 1. The second-order valence-electron chi connectivity index (χ2n) is 3.48. The van der Waals surface area contributed by atoms with Gasteiger partial charge in [-0.05, 0) is 18.8 Å². The molecule has 0 aromatic rings. The maximum Gasteiger partial charge on any atom is 0.227 e. The van der Waals surface area contributed by atoms with Gasteiger partial charge < -0.3 is 5.32 Å². The zero-order chi connectivity index (χ0) is 8.43. The molecule has 1 atom stereocenters. The molecule has 2 heteroatoms. The molecule has 62 valence electrons. The van der Waals surface area contributed by atoms with Crippen molar-refractivity contribution in [1.29, 1.82) is 0 Å². The topological polar surface area (TPSA) is 29.1 Å². The first-order valence-corrected chi connectivity index (χ1v) is 4.10. The molecule has 2 nitrogen and oxygen atoms in total. The first-order chi connectivity index (χ1) is 5.11. The van der Waals surface area contributed by atoms with E-state index in [2.05, 4.69) is 25.7 Å². The lowest BCUT2D eigenvalue weighted by atomic mass is 9.87. The minimum absolute atomic E-state index is 0.149. The minimum atomic E-state index is 0.149. The molecule has 1 aliphatic heterocycles. The summed E-state index contributed by atoms with van der Waals surface area (Å²) < 4.78 is 0. The number of nitrogens with one attached hydrogen (secondary N) is 1. The fraction of sp³-hybridized carbons (Fsp3) is 0.667. The monoisotopic (exact) mass is 153 g/mol. The van der Waals surface area contributed by atoms with Crippen LogP contribution in [0.25, 0.3) is 0 Å². The highest BCUT2D eigenvalue weighted by molar-refractivity contribution is 5.81. The standard InChI is InChI=1S/C9H15NO/c1-6(2)8-5-4-7(3)10-9(8)11/h6,8H,3-5H2,1-2H3,(H,10,11). The number of allylic oxidation sites excluding steroid dienone is 1. The zero-order valence-electron chi connectivity index (χ0n) is 7.18. The third kappa shape index (κ3) is 1.82. The van der Waals surface area contributed by atoms with Crippen molar-refractivity contribution in [2.45, 2.75) is 26.7 Å². The van der Waals surface area contributed by atoms with Gasteiger partial charge in [0.25, 0.3) is 0 Å². The molecular weight excluding hydrogens is 138 g/mol. The van der Waals surface area contributed by atoms with Crippen LogP contribution in [0.3, 0.4) is 0 Å². The Hall–Kier alpha value is -0.790. The summed E-state index contributed by atoms with van der Waals surface area (Å²) in [6.45, 7) is 7.89. The Balaban J connectivity index is 2.57. The molecule has 1 heterocycles. The molecule has 0 aromatic carbocycles. The van der Waals surface area contributed by atoms with Crippen molar-refractivity contribution in [3.8, 4) is 0 Å². The van der Waals surface area contributed by atoms with Gasteiger partial charge in [-0.2, -0.15) is 0 Å². The lowest BCUT2D eigenvalue weighted by Gasteiger charge is -2.25. The summed E-state index contributed by atoms with van der Waals surface area (Å²) in [7, 11) is 0. The fourth-order valence-corrected chi connectivity index (χ4v) is 1.43. The van der Waals surface area contributed by atoms with Crippen molar-refractivity contribution in [3.05, 3.63) is 12.3 Å². The van der Waals surface area contributed by atoms with Gasteiger partial charge in [0.05, 0.1) is 0 Å². The lowest BCUT2D eigenvalue weighted by Crippen LogP contribution is -2.37. The number of rotatable bonds is 1. The van der Waals surface area contributed by atoms with E-state index in [0.29, 0.717) is 5.92 Å². The average Bonchev–Trinajstić information content (AvgIpc) is 1.85. The summed E-state index contributed by atoms with van der Waals surface area (Å²) in [6, 6.07) is 0. The Morgan fingerprint density at radius 2 is 2.27 bits per heavy atom. The van der Waals surface area contributed by atoms with Gasteiger partial charge in [0.1, 0.15) is 0 Å². The molecule has 1 amide bonds. The Morgan fingerprint density at radius 3 is 2.73 bits per heavy atom. The number of hydrogen-bond donors (Lipinski definition) is 1. The van der Waals surface area contributed by atoms with Crippen LogP contribution in [-0.2, 0) is 4.79 Å². The summed E-state index contributed by atoms with van der Waals surface area (Å²) in [6.07, 6.45) is 1.90. The van der Waals surface area contributed by atoms with Crippen LogP contribution in [0.15, 0.2) is 12.3 Å². The van der Waals surface area contributed by atoms with E-state index in [1.807, 2.05) is 0 Å². The predicted octanol–water partition coefficient (Wildman–Crippen LogP) is 1.68. The van der Waals surface area contributed by atoms with Crippen molar-refractivity contribution in [1.82, 2.24) is 5.32 Å². The SMILES string of the molecule is C=C1CCC(C(C)C)C(=O)N1. The summed E-state index contributed by atoms with van der Waals surface area (Å²) >= 11 is 0. The van der Waals surface area contributed by atoms with Gasteiger partial charge in [0, 0.05) is 11.6 Å². The third-order valence-electron chi connectivity index (χ3n) is 2.20. The summed E-state index contributed by atoms with van der Waals surface area (Å²) in [5, 5.41) is 2.78. The average molecular weight is 153 g/mol. The van der Waals surface area contributed by atoms with Gasteiger partial charge in [0.2, 0.25) is 5.91 Å². The van der Waals surface area contributed by atoms with E-state index in [-0.39, 0.29) is 11.8 Å². The molecule has 0 saturated carbocycles. The van der Waals surface area contributed by atoms with E-state index in [4.69, 9.17) is 0 Å². The van der Waals surface area contributed by atoms with Crippen molar-refractivity contribution in [2.24, 2.45) is 11.8 Å². The van der Waals surface area contributed by atoms with E-state index >= 15 is 0 Å². The van der Waals surface area contributed by atoms with Crippen molar-refractivity contribution in [2.75, 3.05) is 0 Å². The summed E-state index contributed by atoms with van der Waals surface area (Å²) in [4.78, 5) is 11.3. The van der Waals surface area contributed by atoms with Crippen molar-refractivity contribution in [3.63, 3.8) is 0 Å². The van der Waals surface area contributed by atoms with Crippen LogP contribution in [0.2, 0.25) is 0 Å². The van der Waals surface area contributed by atoms with Crippen molar-refractivity contribution >= 4 is 5.91 Å². The molecule has 0 radical (unpaired) electrons. The van der Waals surface area contributed by atoms with E-state index in [1.54, 1.807) is 0 Å². The number of amides is 1. The van der Waals surface area contributed by atoms with Crippen LogP contribution >= 0.6 is 0 Å². The smallest absolute Gasteiger partial charge is 0.227 e. The Kier molecular flexibility index (Phi) is 2.32. The molecule has 1 N–H and O–H groups in total. The van der Waals surface area contributed by atoms with E-state index in [0.717, 1.165) is 18.5 Å². The predicted molar refractivity (Wildman–Crippen MR) is 44.8 cm³/mol. The molecule has 0 aromatic heterocycles. The van der Waals surface area contributed by atoms with Crippen LogP contribution in [0.4, 0.5) is 0 Å². The van der Waals surface area contributed by atoms with Gasteiger partial charge in [-0.1, -0.05) is 20.4 Å². The van der Waals surface area contributed by atoms with Crippen molar-refractivity contribution < 1.29 is 4.79 Å². The Morgan fingerprint density at radius 1 is 1.64 bits per heavy atom. The molecule has 1 fully saturated rings. The van der Waals surface area contributed by atoms with E-state index in [1.165, 1.54) is 0 Å². The second kappa shape index (κ2) is 3.07. The molecule has 0 bridgehead atoms. The second-order valence-corrected chi connectivity index (χ2v) is 3.48. The Bertz CT molecular complexity index is 184. The van der Waals surface area contributed by atoms with Crippen LogP contribution < -0.4 is 5.32 Å². The number of hydrogen-bond acceptors (Lipinski definition) is 1. The molecule has 1 rings (SSSR count). The summed E-state index contributed by atoms with van der Waals surface area (Å²) in [5.41, 5.74) is 0.868. The maximum absolute atomic E-state index is 11.3. The zero-order valence-corrected chi connectivity index (χ0v) is 7.18. The van der Waals surface area contributed by atoms with Crippen LogP contribution in [0.1, 0.15) is 26.7 Å². The highest BCUT2D eigenvalue weighted by atomic mass is 16.2. The molecule has 0 aliphatic carbocycles. The first kappa shape index (κ1) is 8.31. The minimum Gasteiger partial charge on any atom is -0.330 e. The van der Waals surface area contributed by atoms with Gasteiger partial charge in [-0.25, -0.2) is 0 Å². The highest BCUT2D eigenvalue weighted by Crippen LogP contribution is 2.23. The van der Waals surface area contributed by atoms with Crippen LogP contribution in [0.5, 0.6) is 0 Å². The molecule has 0 spiro atoms. The fourth-order valence-electron chi connectivity index (χ4n) is 1.43. The van der Waals surface area contributed by atoms with E-state index < -0.39 is 0 Å². The molecule has 1 saturated heterocycles. The van der Waals surface area contributed by atoms with Gasteiger partial charge in [-0.3, -0.25) is 4.79 Å². The largest absolute Gasteiger partial charge is 0.330 e. The molecule has 1 unspecified atom stereocenters. The summed E-state index contributed by atoms with van der Waals surface area (Å²) in [5.74, 6) is 0.792. The van der Waals surface area contributed by atoms with Gasteiger partial charge >= 0.3 is 0 Å². The molecule has 1 aliphatic rings. The third-order valence-corrected chi connectivity index (χ3v) is 2.20. The van der Waals surface area contributed by atoms with Crippen LogP contribution in [-0.4, -0.2) is 5.91 Å². The first-order valence-electron chi connectivity index (χ1n) is 4.10. The quantitative estimate of drug-likeness (QED) is 0.610. The van der Waals surface area contributed by atoms with Gasteiger partial charge in [-0.15, -0.1) is 0 Å². The van der Waals surface area contributed by atoms with Gasteiger partial charge in [0.15, 0.2) is 0 Å². The number of carbonyl (C=O) groups excluding carboxylic acids is 1. The van der Waals surface area contributed by atoms with E-state index in [9.17, 15) is 4.79 Å². The molecular formula is C9H15NO. The maximum atomic E-state index is 11.3. The normalized spacial score (nSPS) is 25.5. The highest BCUT2D eigenvalue weighted by Gasteiger charge is 2.25.